The molecule has 0 fully saturated rings. The fourth-order valence-electron chi connectivity index (χ4n) is 8.36. The molecular weight excluding hydrogens is 631 g/mol. The van der Waals surface area contributed by atoms with Gasteiger partial charge in [-0.1, -0.05) is 0 Å². The third kappa shape index (κ3) is 3.33. The Morgan fingerprint density at radius 2 is 0.930 bits per heavy atom. The van der Waals surface area contributed by atoms with E-state index in [9.17, 15) is 0 Å². The van der Waals surface area contributed by atoms with Gasteiger partial charge in [0.1, 0.15) is 0 Å². The molecule has 0 N–H and O–H groups in total. The summed E-state index contributed by atoms with van der Waals surface area (Å²) < 4.78 is 8.12. The standard InChI is InChI=1S/2C17H13N2.2C2H5.Sn/c2*1-10-14-9-18-8-7-12(14)11(2)17-16(10)13-5-3-4-6-15(13)19-17;2*1-2;/h2*3-9H,1-2H3;2*1H2,2H3;/q2*-1;;;+2. The SMILES string of the molecule is C[CH2][Sn]([CH2]C)([n]1c2ccccc2c2c(C)c3cnccc3c(C)c21)[n]1c2ccccc2c2c(C)c3cnccc3c(C)c21. The Balaban J connectivity index is 1.66. The van der Waals surface area contributed by atoms with Crippen LogP contribution in [0.25, 0.3) is 65.2 Å². The molecule has 0 unspecified atom stereocenters. The minimum atomic E-state index is -3.64. The first-order chi connectivity index (χ1) is 20.9. The summed E-state index contributed by atoms with van der Waals surface area (Å²) in [5.41, 5.74) is 11.0. The van der Waals surface area contributed by atoms with Crippen molar-refractivity contribution in [3.05, 3.63) is 108 Å². The first-order valence-electron chi connectivity index (χ1n) is 15.5. The monoisotopic (exact) mass is 668 g/mol. The van der Waals surface area contributed by atoms with Crippen LogP contribution in [0, 0.1) is 27.7 Å². The van der Waals surface area contributed by atoms with E-state index in [4.69, 9.17) is 0 Å². The number of para-hydroxylation sites is 2. The van der Waals surface area contributed by atoms with E-state index in [-0.39, 0.29) is 0 Å². The molecule has 4 heterocycles. The Hall–Kier alpha value is -3.90. The van der Waals surface area contributed by atoms with Gasteiger partial charge < -0.3 is 0 Å². The molecule has 0 atom stereocenters. The maximum atomic E-state index is 4.54. The van der Waals surface area contributed by atoms with Gasteiger partial charge in [-0.05, 0) is 0 Å². The average molecular weight is 667 g/mol. The molecule has 0 aliphatic rings. The van der Waals surface area contributed by atoms with Gasteiger partial charge in [-0.3, -0.25) is 0 Å². The van der Waals surface area contributed by atoms with Crippen molar-refractivity contribution < 1.29 is 0 Å². The van der Waals surface area contributed by atoms with E-state index in [1.807, 2.05) is 12.4 Å². The second kappa shape index (κ2) is 9.55. The molecule has 8 rings (SSSR count). The van der Waals surface area contributed by atoms with Gasteiger partial charge in [0.05, 0.1) is 0 Å². The van der Waals surface area contributed by atoms with Crippen molar-refractivity contribution in [1.82, 2.24) is 15.5 Å². The molecule has 0 aliphatic heterocycles. The zero-order chi connectivity index (χ0) is 29.6. The summed E-state index contributed by atoms with van der Waals surface area (Å²) in [5.74, 6) is 0. The molecule has 4 aromatic carbocycles. The molecule has 5 heteroatoms. The van der Waals surface area contributed by atoms with Gasteiger partial charge in [-0.2, -0.15) is 0 Å². The Kier molecular flexibility index (Phi) is 5.93. The fourth-order valence-corrected chi connectivity index (χ4v) is 21.6. The predicted octanol–water partition coefficient (Wildman–Crippen LogP) is 10.1. The molecule has 0 saturated heterocycles. The summed E-state index contributed by atoms with van der Waals surface area (Å²) in [6.45, 7) is 14.2. The Labute approximate surface area is 256 Å². The van der Waals surface area contributed by atoms with E-state index in [2.05, 4.69) is 130 Å². The first-order valence-corrected chi connectivity index (χ1v) is 22.1. The Bertz CT molecular complexity index is 2260. The number of benzene rings is 4. The summed E-state index contributed by atoms with van der Waals surface area (Å²) in [6.07, 6.45) is 8.00. The molecule has 0 saturated carbocycles. The molecule has 4 nitrogen and oxygen atoms in total. The van der Waals surface area contributed by atoms with Crippen molar-refractivity contribution >= 4 is 84.1 Å². The number of pyridine rings is 2. The zero-order valence-corrected chi connectivity index (χ0v) is 28.6. The predicted molar refractivity (Wildman–Crippen MR) is 186 cm³/mol. The van der Waals surface area contributed by atoms with Crippen molar-refractivity contribution in [2.45, 2.75) is 50.4 Å². The normalized spacial score (nSPS) is 12.6. The van der Waals surface area contributed by atoms with E-state index in [1.54, 1.807) is 0 Å². The van der Waals surface area contributed by atoms with Crippen molar-refractivity contribution in [3.8, 4) is 0 Å². The Morgan fingerprint density at radius 1 is 0.512 bits per heavy atom. The molecular formula is C38H36N4Sn. The van der Waals surface area contributed by atoms with Crippen LogP contribution in [0.4, 0.5) is 0 Å². The van der Waals surface area contributed by atoms with Crippen LogP contribution < -0.4 is 0 Å². The van der Waals surface area contributed by atoms with Crippen LogP contribution in [0.1, 0.15) is 36.1 Å². The number of fused-ring (bicyclic) bond motifs is 8. The molecule has 0 bridgehead atoms. The van der Waals surface area contributed by atoms with Crippen LogP contribution in [-0.4, -0.2) is 34.5 Å². The molecule has 0 radical (unpaired) electrons. The van der Waals surface area contributed by atoms with E-state index in [0.29, 0.717) is 0 Å². The van der Waals surface area contributed by atoms with Gasteiger partial charge in [0.15, 0.2) is 0 Å². The van der Waals surface area contributed by atoms with Crippen LogP contribution in [0.5, 0.6) is 0 Å². The molecule has 8 aromatic rings. The first kappa shape index (κ1) is 26.7. The molecule has 43 heavy (non-hydrogen) atoms. The minimum absolute atomic E-state index is 1.15. The second-order valence-corrected chi connectivity index (χ2v) is 24.4. The second-order valence-electron chi connectivity index (χ2n) is 12.2. The van der Waals surface area contributed by atoms with Gasteiger partial charge in [-0.15, -0.1) is 0 Å². The van der Waals surface area contributed by atoms with Crippen molar-refractivity contribution in [2.75, 3.05) is 0 Å². The summed E-state index contributed by atoms with van der Waals surface area (Å²) in [6, 6.07) is 22.7. The van der Waals surface area contributed by atoms with E-state index in [0.717, 1.165) is 8.87 Å². The van der Waals surface area contributed by atoms with Crippen molar-refractivity contribution in [3.63, 3.8) is 0 Å². The number of hydrogen-bond acceptors (Lipinski definition) is 2. The number of nitrogens with zero attached hydrogens (tertiary/aromatic N) is 4. The molecule has 0 spiro atoms. The number of rotatable bonds is 4. The molecule has 4 aromatic heterocycles. The topological polar surface area (TPSA) is 35.6 Å². The summed E-state index contributed by atoms with van der Waals surface area (Å²) >= 11 is -3.64. The van der Waals surface area contributed by atoms with Crippen molar-refractivity contribution in [1.29, 1.82) is 0 Å². The molecule has 0 aliphatic carbocycles. The third-order valence-corrected chi connectivity index (χ3v) is 24.3. The van der Waals surface area contributed by atoms with Crippen LogP contribution in [-0.2, 0) is 0 Å². The van der Waals surface area contributed by atoms with Gasteiger partial charge >= 0.3 is 258 Å². The van der Waals surface area contributed by atoms with Crippen LogP contribution in [0.2, 0.25) is 8.87 Å². The molecule has 0 amide bonds. The van der Waals surface area contributed by atoms with Gasteiger partial charge in [0.25, 0.3) is 0 Å². The molecule has 212 valence electrons. The third-order valence-electron chi connectivity index (χ3n) is 10.4. The van der Waals surface area contributed by atoms with Gasteiger partial charge in [0, 0.05) is 0 Å². The number of aryl methyl sites for hydroxylation is 4. The van der Waals surface area contributed by atoms with Crippen molar-refractivity contribution in [2.24, 2.45) is 0 Å². The van der Waals surface area contributed by atoms with E-state index < -0.39 is 18.9 Å². The van der Waals surface area contributed by atoms with E-state index >= 15 is 0 Å². The van der Waals surface area contributed by atoms with Gasteiger partial charge in [0.2, 0.25) is 0 Å². The quantitative estimate of drug-likeness (QED) is 0.175. The van der Waals surface area contributed by atoms with Crippen LogP contribution >= 0.6 is 0 Å². The van der Waals surface area contributed by atoms with Crippen LogP contribution in [0.3, 0.4) is 0 Å². The summed E-state index contributed by atoms with van der Waals surface area (Å²) in [5, 5.41) is 10.6. The van der Waals surface area contributed by atoms with E-state index in [1.165, 1.54) is 87.4 Å². The maximum absolute atomic E-state index is 4.54. The summed E-state index contributed by atoms with van der Waals surface area (Å²) in [4.78, 5) is 9.08. The summed E-state index contributed by atoms with van der Waals surface area (Å²) in [7, 11) is 0. The van der Waals surface area contributed by atoms with Crippen LogP contribution in [0.15, 0.2) is 85.5 Å². The number of aromatic nitrogens is 4. The number of hydrogen-bond donors (Lipinski definition) is 0. The fraction of sp³-hybridized carbons (Fsp3) is 0.211. The average Bonchev–Trinajstić information content (AvgIpc) is 3.59. The Morgan fingerprint density at radius 3 is 1.35 bits per heavy atom. The zero-order valence-electron chi connectivity index (χ0n) is 25.8. The van der Waals surface area contributed by atoms with Gasteiger partial charge in [-0.25, -0.2) is 0 Å².